The third kappa shape index (κ3) is 38.1. The van der Waals surface area contributed by atoms with Gasteiger partial charge in [0.2, 0.25) is 0 Å². The zero-order chi connectivity index (χ0) is 7.70. The van der Waals surface area contributed by atoms with Gasteiger partial charge in [0.25, 0.3) is 6.43 Å². The molecule has 0 spiro atoms. The van der Waals surface area contributed by atoms with E-state index in [1.54, 1.807) is 0 Å². The fraction of sp³-hybridized carbons (Fsp3) is 1.00. The van der Waals surface area contributed by atoms with Crippen molar-refractivity contribution in [2.24, 2.45) is 10.9 Å². The molecule has 0 saturated heterocycles. The molecule has 56 valence electrons. The molecule has 0 aromatic heterocycles. The molecule has 6 heteroatoms. The van der Waals surface area contributed by atoms with Gasteiger partial charge in [-0.2, -0.15) is 0 Å². The second-order valence-electron chi connectivity index (χ2n) is 0.857. The lowest BCUT2D eigenvalue weighted by Crippen LogP contribution is -1.89. The van der Waals surface area contributed by atoms with Crippen molar-refractivity contribution < 1.29 is 13.2 Å². The Bertz CT molecular complexity index is 61.0. The molecule has 0 saturated carbocycles. The Morgan fingerprint density at radius 2 is 1.78 bits per heavy atom. The van der Waals surface area contributed by atoms with Gasteiger partial charge < -0.3 is 5.73 Å². The summed E-state index contributed by atoms with van der Waals surface area (Å²) in [4.78, 5) is 8.80. The highest BCUT2D eigenvalue weighted by atomic mass is 19.3. The Labute approximate surface area is 50.0 Å². The van der Waals surface area contributed by atoms with Crippen LogP contribution in [-0.2, 0) is 0 Å². The molecule has 0 bridgehead atoms. The average Bonchev–Trinajstić information content (AvgIpc) is 1.89. The molecule has 0 aromatic rings. The van der Waals surface area contributed by atoms with Gasteiger partial charge in [-0.05, 0) is 0 Å². The van der Waals surface area contributed by atoms with Gasteiger partial charge in [0.15, 0.2) is 6.67 Å². The molecule has 0 atom stereocenters. The summed E-state index contributed by atoms with van der Waals surface area (Å²) < 4.78 is 31.1. The number of alkyl halides is 3. The quantitative estimate of drug-likeness (QED) is 0.585. The van der Waals surface area contributed by atoms with E-state index in [9.17, 15) is 13.2 Å². The number of nitroso groups, excluding NO2 is 1. The molecule has 9 heavy (non-hydrogen) atoms. The van der Waals surface area contributed by atoms with E-state index in [0.29, 0.717) is 0 Å². The maximum absolute atomic E-state index is 10.4. The van der Waals surface area contributed by atoms with Crippen molar-refractivity contribution in [3.63, 3.8) is 0 Å². The lowest BCUT2D eigenvalue weighted by atomic mass is 10.8. The predicted molar refractivity (Wildman–Crippen MR) is 26.8 cm³/mol. The van der Waals surface area contributed by atoms with Gasteiger partial charge in [-0.25, -0.2) is 13.2 Å². The SMILES string of the molecule is FCC(F)F.NCN=O. The number of hydrogen-bond acceptors (Lipinski definition) is 3. The number of halogens is 3. The van der Waals surface area contributed by atoms with E-state index in [4.69, 9.17) is 4.91 Å². The lowest BCUT2D eigenvalue weighted by molar-refractivity contribution is 0.113. The fourth-order valence-corrected chi connectivity index (χ4v) is 0. The molecule has 2 N–H and O–H groups in total. The van der Waals surface area contributed by atoms with Crippen LogP contribution in [-0.4, -0.2) is 19.8 Å². The van der Waals surface area contributed by atoms with Crippen LogP contribution in [0.15, 0.2) is 5.18 Å². The molecule has 0 rings (SSSR count). The topological polar surface area (TPSA) is 55.4 Å². The number of rotatable bonds is 2. The summed E-state index contributed by atoms with van der Waals surface area (Å²) in [6.07, 6.45) is -2.78. The van der Waals surface area contributed by atoms with Crippen LogP contribution >= 0.6 is 0 Å². The van der Waals surface area contributed by atoms with Gasteiger partial charge in [-0.1, -0.05) is 5.18 Å². The molecular weight excluding hydrogens is 137 g/mol. The van der Waals surface area contributed by atoms with E-state index >= 15 is 0 Å². The van der Waals surface area contributed by atoms with Crippen LogP contribution in [0.2, 0.25) is 0 Å². The molecule has 3 nitrogen and oxygen atoms in total. The summed E-state index contributed by atoms with van der Waals surface area (Å²) in [7, 11) is 0. The first-order valence-corrected chi connectivity index (χ1v) is 2.02. The van der Waals surface area contributed by atoms with E-state index in [1.165, 1.54) is 0 Å². The van der Waals surface area contributed by atoms with Gasteiger partial charge >= 0.3 is 0 Å². The minimum atomic E-state index is -2.78. The van der Waals surface area contributed by atoms with Crippen LogP contribution in [0.4, 0.5) is 13.2 Å². The van der Waals surface area contributed by atoms with Crippen LogP contribution in [0.25, 0.3) is 0 Å². The van der Waals surface area contributed by atoms with Crippen LogP contribution in [0, 0.1) is 4.91 Å². The third-order valence-corrected chi connectivity index (χ3v) is 0.191. The lowest BCUT2D eigenvalue weighted by Gasteiger charge is -1.78. The van der Waals surface area contributed by atoms with Gasteiger partial charge in [0.05, 0.1) is 0 Å². The van der Waals surface area contributed by atoms with Crippen molar-refractivity contribution in [1.82, 2.24) is 0 Å². The van der Waals surface area contributed by atoms with E-state index < -0.39 is 13.1 Å². The second-order valence-corrected chi connectivity index (χ2v) is 0.857. The predicted octanol–water partition coefficient (Wildman–Crippen LogP) is 0.890. The highest BCUT2D eigenvalue weighted by Crippen LogP contribution is 1.88. The van der Waals surface area contributed by atoms with Crippen LogP contribution in [0.1, 0.15) is 0 Å². The van der Waals surface area contributed by atoms with E-state index in [-0.39, 0.29) is 6.67 Å². The van der Waals surface area contributed by atoms with Crippen LogP contribution in [0.3, 0.4) is 0 Å². The molecule has 0 aliphatic rings. The summed E-state index contributed by atoms with van der Waals surface area (Å²) in [6.45, 7) is -1.64. The smallest absolute Gasteiger partial charge is 0.266 e. The maximum Gasteiger partial charge on any atom is 0.266 e. The fourth-order valence-electron chi connectivity index (χ4n) is 0. The Hall–Kier alpha value is -0.650. The maximum atomic E-state index is 10.4. The molecular formula is C3H7F3N2O. The van der Waals surface area contributed by atoms with E-state index in [0.717, 1.165) is 0 Å². The highest BCUT2D eigenvalue weighted by Gasteiger charge is 1.95. The van der Waals surface area contributed by atoms with Crippen molar-refractivity contribution in [3.05, 3.63) is 4.91 Å². The Balaban J connectivity index is 0. The number of hydrogen-bond donors (Lipinski definition) is 1. The molecule has 0 fully saturated rings. The monoisotopic (exact) mass is 144 g/mol. The first kappa shape index (κ1) is 11.2. The zero-order valence-corrected chi connectivity index (χ0v) is 4.56. The summed E-state index contributed by atoms with van der Waals surface area (Å²) in [5, 5.41) is 2.26. The molecule has 0 unspecified atom stereocenters. The zero-order valence-electron chi connectivity index (χ0n) is 4.56. The van der Waals surface area contributed by atoms with Gasteiger partial charge in [-0.15, -0.1) is 4.91 Å². The molecule has 0 aliphatic carbocycles. The Kier molecular flexibility index (Phi) is 12.9. The van der Waals surface area contributed by atoms with Crippen LogP contribution < -0.4 is 5.73 Å². The molecule has 0 amide bonds. The van der Waals surface area contributed by atoms with Crippen molar-refractivity contribution >= 4 is 0 Å². The molecule has 0 aliphatic heterocycles. The van der Waals surface area contributed by atoms with Gasteiger partial charge in [0, 0.05) is 0 Å². The number of nitrogens with zero attached hydrogens (tertiary/aromatic N) is 1. The molecule has 0 aromatic carbocycles. The normalized spacial score (nSPS) is 8.11. The minimum Gasteiger partial charge on any atom is -0.309 e. The summed E-state index contributed by atoms with van der Waals surface area (Å²) in [6, 6.07) is 0. The summed E-state index contributed by atoms with van der Waals surface area (Å²) in [5.74, 6) is 0. The Morgan fingerprint density at radius 3 is 1.78 bits per heavy atom. The highest BCUT2D eigenvalue weighted by molar-refractivity contribution is 4.23. The van der Waals surface area contributed by atoms with Gasteiger partial charge in [-0.3, -0.25) is 0 Å². The minimum absolute atomic E-state index is 0.111. The molecule has 0 heterocycles. The Morgan fingerprint density at radius 1 is 1.56 bits per heavy atom. The van der Waals surface area contributed by atoms with E-state index in [1.807, 2.05) is 0 Å². The largest absolute Gasteiger partial charge is 0.309 e. The average molecular weight is 144 g/mol. The van der Waals surface area contributed by atoms with Crippen LogP contribution in [0.5, 0.6) is 0 Å². The van der Waals surface area contributed by atoms with Crippen molar-refractivity contribution in [2.75, 3.05) is 13.3 Å². The molecule has 0 radical (unpaired) electrons. The van der Waals surface area contributed by atoms with E-state index in [2.05, 4.69) is 10.9 Å². The standard InChI is InChI=1S/C2H3F3.CH4N2O/c3-1-2(4)5;2-1-3-4/h2H,1H2;1-2H2. The van der Waals surface area contributed by atoms with Gasteiger partial charge in [0.1, 0.15) is 6.67 Å². The second kappa shape index (κ2) is 10.4. The van der Waals surface area contributed by atoms with Crippen molar-refractivity contribution in [2.45, 2.75) is 6.43 Å². The van der Waals surface area contributed by atoms with Crippen molar-refractivity contribution in [3.8, 4) is 0 Å². The van der Waals surface area contributed by atoms with Crippen molar-refractivity contribution in [1.29, 1.82) is 0 Å². The summed E-state index contributed by atoms with van der Waals surface area (Å²) >= 11 is 0. The first-order valence-electron chi connectivity index (χ1n) is 2.02. The summed E-state index contributed by atoms with van der Waals surface area (Å²) in [5.41, 5.74) is 4.55. The first-order chi connectivity index (χ1) is 4.18. The third-order valence-electron chi connectivity index (χ3n) is 0.191. The number of nitrogens with two attached hydrogens (primary N) is 1.